The number of amides is 1. The van der Waals surface area contributed by atoms with E-state index in [4.69, 9.17) is 27.9 Å². The van der Waals surface area contributed by atoms with Crippen LogP contribution in [0.15, 0.2) is 72.3 Å². The van der Waals surface area contributed by atoms with Crippen LogP contribution in [-0.2, 0) is 9.59 Å². The van der Waals surface area contributed by atoms with Crippen LogP contribution >= 0.6 is 23.2 Å². The summed E-state index contributed by atoms with van der Waals surface area (Å²) in [6, 6.07) is 16.3. The number of nitrogens with zero attached hydrogens (tertiary/aromatic N) is 1. The number of ketones is 1. The Morgan fingerprint density at radius 2 is 1.76 bits per heavy atom. The predicted molar refractivity (Wildman–Crippen MR) is 127 cm³/mol. The molecule has 0 spiro atoms. The third-order valence-electron chi connectivity index (χ3n) is 5.23. The van der Waals surface area contributed by atoms with E-state index in [1.807, 2.05) is 6.92 Å². The maximum atomic E-state index is 13.2. The van der Waals surface area contributed by atoms with E-state index >= 15 is 0 Å². The fourth-order valence-electron chi connectivity index (χ4n) is 3.80. The molecule has 6 nitrogen and oxygen atoms in total. The van der Waals surface area contributed by atoms with E-state index < -0.39 is 17.7 Å². The molecule has 3 aromatic carbocycles. The lowest BCUT2D eigenvalue weighted by molar-refractivity contribution is -0.132. The van der Waals surface area contributed by atoms with Crippen LogP contribution in [0.4, 0.5) is 5.69 Å². The number of aliphatic hydroxyl groups is 1. The zero-order valence-electron chi connectivity index (χ0n) is 17.5. The van der Waals surface area contributed by atoms with Crippen LogP contribution in [-0.4, -0.2) is 28.5 Å². The highest BCUT2D eigenvalue weighted by atomic mass is 35.5. The Kier molecular flexibility index (Phi) is 6.31. The summed E-state index contributed by atoms with van der Waals surface area (Å²) < 4.78 is 5.49. The Bertz CT molecular complexity index is 1290. The first kappa shape index (κ1) is 22.7. The van der Waals surface area contributed by atoms with Gasteiger partial charge in [0.2, 0.25) is 0 Å². The van der Waals surface area contributed by atoms with Gasteiger partial charge in [-0.05, 0) is 55.0 Å². The summed E-state index contributed by atoms with van der Waals surface area (Å²) in [5.41, 5.74) is 0.952. The van der Waals surface area contributed by atoms with Crippen LogP contribution in [0.1, 0.15) is 24.1 Å². The quantitative estimate of drug-likeness (QED) is 0.275. The molecule has 2 N–H and O–H groups in total. The average Bonchev–Trinajstić information content (AvgIpc) is 3.06. The molecule has 1 heterocycles. The second kappa shape index (κ2) is 9.17. The minimum Gasteiger partial charge on any atom is -0.508 e. The molecule has 3 aromatic rings. The first-order valence-electron chi connectivity index (χ1n) is 10.1. The minimum absolute atomic E-state index is 0.0504. The number of aliphatic hydroxyl groups excluding tert-OH is 1. The lowest BCUT2D eigenvalue weighted by Gasteiger charge is -2.26. The number of halogens is 2. The van der Waals surface area contributed by atoms with Gasteiger partial charge in [0, 0.05) is 11.3 Å². The maximum Gasteiger partial charge on any atom is 0.300 e. The van der Waals surface area contributed by atoms with Gasteiger partial charge in [-0.1, -0.05) is 47.5 Å². The number of carbonyl (C=O) groups is 2. The number of phenols is 1. The van der Waals surface area contributed by atoms with Crippen LogP contribution < -0.4 is 9.64 Å². The third kappa shape index (κ3) is 4.27. The Hall–Kier alpha value is -3.48. The van der Waals surface area contributed by atoms with Gasteiger partial charge < -0.3 is 14.9 Å². The molecule has 1 unspecified atom stereocenters. The smallest absolute Gasteiger partial charge is 0.300 e. The first-order chi connectivity index (χ1) is 15.8. The molecule has 4 rings (SSSR count). The first-order valence-corrected chi connectivity index (χ1v) is 10.9. The molecule has 8 heteroatoms. The lowest BCUT2D eigenvalue weighted by atomic mass is 9.95. The molecule has 0 aliphatic carbocycles. The number of rotatable bonds is 5. The van der Waals surface area contributed by atoms with Gasteiger partial charge in [0.25, 0.3) is 11.7 Å². The van der Waals surface area contributed by atoms with Crippen LogP contribution in [0.5, 0.6) is 11.5 Å². The van der Waals surface area contributed by atoms with Crippen molar-refractivity contribution in [2.75, 3.05) is 11.5 Å². The summed E-state index contributed by atoms with van der Waals surface area (Å²) in [6.07, 6.45) is 0. The third-order valence-corrected chi connectivity index (χ3v) is 5.97. The molecule has 0 saturated carbocycles. The molecule has 1 atom stereocenters. The molecular formula is C25H19Cl2NO5. The van der Waals surface area contributed by atoms with E-state index in [0.29, 0.717) is 34.2 Å². The van der Waals surface area contributed by atoms with Gasteiger partial charge in [0.1, 0.15) is 17.3 Å². The lowest BCUT2D eigenvalue weighted by Crippen LogP contribution is -2.29. The molecule has 1 aliphatic rings. The van der Waals surface area contributed by atoms with E-state index in [0.717, 1.165) is 0 Å². The number of hydrogen-bond donors (Lipinski definition) is 2. The molecule has 1 fully saturated rings. The minimum atomic E-state index is -1.01. The number of carbonyl (C=O) groups excluding carboxylic acids is 2. The summed E-state index contributed by atoms with van der Waals surface area (Å²) in [4.78, 5) is 27.6. The molecule has 33 heavy (non-hydrogen) atoms. The maximum absolute atomic E-state index is 13.2. The Labute approximate surface area is 200 Å². The zero-order valence-corrected chi connectivity index (χ0v) is 19.0. The van der Waals surface area contributed by atoms with Crippen molar-refractivity contribution < 1.29 is 24.5 Å². The average molecular weight is 484 g/mol. The van der Waals surface area contributed by atoms with Crippen LogP contribution in [0, 0.1) is 0 Å². The predicted octanol–water partition coefficient (Wildman–Crippen LogP) is 5.72. The number of ether oxygens (including phenoxy) is 1. The van der Waals surface area contributed by atoms with Gasteiger partial charge in [0.05, 0.1) is 28.3 Å². The molecule has 168 valence electrons. The van der Waals surface area contributed by atoms with E-state index in [2.05, 4.69) is 0 Å². The Balaban J connectivity index is 1.94. The van der Waals surface area contributed by atoms with Crippen molar-refractivity contribution in [1.29, 1.82) is 0 Å². The van der Waals surface area contributed by atoms with Gasteiger partial charge >= 0.3 is 0 Å². The molecule has 1 amide bonds. The number of hydrogen-bond acceptors (Lipinski definition) is 5. The Morgan fingerprint density at radius 1 is 1.00 bits per heavy atom. The van der Waals surface area contributed by atoms with Crippen molar-refractivity contribution in [2.45, 2.75) is 13.0 Å². The van der Waals surface area contributed by atoms with Crippen molar-refractivity contribution in [2.24, 2.45) is 0 Å². The number of Topliss-reactive ketones (excluding diaryl/α,β-unsaturated/α-hetero) is 1. The van der Waals surface area contributed by atoms with Gasteiger partial charge in [0.15, 0.2) is 0 Å². The number of anilines is 1. The van der Waals surface area contributed by atoms with Crippen LogP contribution in [0.2, 0.25) is 10.0 Å². The second-order valence-corrected chi connectivity index (χ2v) is 8.14. The van der Waals surface area contributed by atoms with Crippen molar-refractivity contribution in [3.63, 3.8) is 0 Å². The number of benzene rings is 3. The van der Waals surface area contributed by atoms with Gasteiger partial charge in [-0.25, -0.2) is 0 Å². The highest BCUT2D eigenvalue weighted by Gasteiger charge is 2.47. The van der Waals surface area contributed by atoms with Crippen molar-refractivity contribution in [3.8, 4) is 11.5 Å². The van der Waals surface area contributed by atoms with Crippen molar-refractivity contribution >= 4 is 46.3 Å². The zero-order chi connectivity index (χ0) is 23.7. The SMILES string of the molecule is CCOc1cccc(/C(O)=C2\C(=O)C(=O)N(c3ccc(Cl)c(Cl)c3)C2c2cccc(O)c2)c1. The molecule has 1 aliphatic heterocycles. The highest BCUT2D eigenvalue weighted by molar-refractivity contribution is 6.52. The fraction of sp³-hybridized carbons (Fsp3) is 0.120. The molecule has 0 bridgehead atoms. The molecule has 0 aromatic heterocycles. The number of aromatic hydroxyl groups is 1. The van der Waals surface area contributed by atoms with E-state index in [1.165, 1.54) is 29.2 Å². The topological polar surface area (TPSA) is 87.1 Å². The van der Waals surface area contributed by atoms with Crippen LogP contribution in [0.25, 0.3) is 5.76 Å². The monoisotopic (exact) mass is 483 g/mol. The molecule has 0 radical (unpaired) electrons. The standard InChI is InChI=1S/C25H19Cl2NO5/c1-2-33-18-8-4-6-15(12-18)23(30)21-22(14-5-3-7-17(29)11-14)28(25(32)24(21)31)16-9-10-19(26)20(27)13-16/h3-13,22,29-30H,2H2,1H3/b23-21+. The summed E-state index contributed by atoms with van der Waals surface area (Å²) >= 11 is 12.2. The van der Waals surface area contributed by atoms with Gasteiger partial charge in [-0.15, -0.1) is 0 Å². The van der Waals surface area contributed by atoms with E-state index in [-0.39, 0.29) is 22.1 Å². The van der Waals surface area contributed by atoms with E-state index in [9.17, 15) is 19.8 Å². The second-order valence-electron chi connectivity index (χ2n) is 7.32. The highest BCUT2D eigenvalue weighted by Crippen LogP contribution is 2.44. The summed E-state index contributed by atoms with van der Waals surface area (Å²) in [7, 11) is 0. The van der Waals surface area contributed by atoms with Crippen molar-refractivity contribution in [1.82, 2.24) is 0 Å². The fourth-order valence-corrected chi connectivity index (χ4v) is 4.09. The largest absolute Gasteiger partial charge is 0.508 e. The van der Waals surface area contributed by atoms with Gasteiger partial charge in [-0.2, -0.15) is 0 Å². The van der Waals surface area contributed by atoms with Gasteiger partial charge in [-0.3, -0.25) is 14.5 Å². The summed E-state index contributed by atoms with van der Waals surface area (Å²) in [5.74, 6) is -1.61. The summed E-state index contributed by atoms with van der Waals surface area (Å²) in [5, 5.41) is 21.7. The number of phenolic OH excluding ortho intramolecular Hbond substituents is 1. The molecular weight excluding hydrogens is 465 g/mol. The van der Waals surface area contributed by atoms with Crippen molar-refractivity contribution in [3.05, 3.63) is 93.5 Å². The molecule has 1 saturated heterocycles. The van der Waals surface area contributed by atoms with Crippen LogP contribution in [0.3, 0.4) is 0 Å². The Morgan fingerprint density at radius 3 is 2.45 bits per heavy atom. The normalized spacial score (nSPS) is 17.4. The summed E-state index contributed by atoms with van der Waals surface area (Å²) in [6.45, 7) is 2.26. The van der Waals surface area contributed by atoms with E-state index in [1.54, 1.807) is 42.5 Å².